The minimum absolute atomic E-state index is 0.453. The molecule has 21 heavy (non-hydrogen) atoms. The summed E-state index contributed by atoms with van der Waals surface area (Å²) in [5.74, 6) is 1.06. The average molecular weight is 292 g/mol. The molecule has 1 aromatic rings. The third kappa shape index (κ3) is 4.86. The third-order valence-corrected chi connectivity index (χ3v) is 4.81. The largest absolute Gasteiger partial charge is 0.469 e. The number of nitrogens with one attached hydrogen (secondary N) is 1. The van der Waals surface area contributed by atoms with Crippen molar-refractivity contribution in [2.45, 2.75) is 65.5 Å². The maximum absolute atomic E-state index is 5.42. The van der Waals surface area contributed by atoms with Gasteiger partial charge in [-0.2, -0.15) is 0 Å². The quantitative estimate of drug-likeness (QED) is 0.824. The molecule has 120 valence electrons. The van der Waals surface area contributed by atoms with E-state index in [-0.39, 0.29) is 0 Å². The zero-order chi connectivity index (χ0) is 15.3. The van der Waals surface area contributed by atoms with Crippen LogP contribution in [0.5, 0.6) is 0 Å². The Labute approximate surface area is 130 Å². The first kappa shape index (κ1) is 16.6. The fraction of sp³-hybridized carbons (Fsp3) is 0.778. The van der Waals surface area contributed by atoms with Crippen LogP contribution in [0.2, 0.25) is 0 Å². The SMILES string of the molecule is Cc1occc1CN(C)CC1(CNC(C)C)CCCCC1. The van der Waals surface area contributed by atoms with E-state index in [0.29, 0.717) is 11.5 Å². The van der Waals surface area contributed by atoms with Crippen molar-refractivity contribution < 1.29 is 4.42 Å². The van der Waals surface area contributed by atoms with Gasteiger partial charge in [0.1, 0.15) is 5.76 Å². The van der Waals surface area contributed by atoms with Crippen molar-refractivity contribution in [2.75, 3.05) is 20.1 Å². The Bertz CT molecular complexity index is 419. The van der Waals surface area contributed by atoms with E-state index < -0.39 is 0 Å². The van der Waals surface area contributed by atoms with Crippen LogP contribution in [-0.2, 0) is 6.54 Å². The van der Waals surface area contributed by atoms with Crippen LogP contribution in [0.25, 0.3) is 0 Å². The van der Waals surface area contributed by atoms with Crippen molar-refractivity contribution in [1.29, 1.82) is 0 Å². The molecule has 0 saturated heterocycles. The molecule has 1 aliphatic carbocycles. The number of hydrogen-bond acceptors (Lipinski definition) is 3. The summed E-state index contributed by atoms with van der Waals surface area (Å²) in [4.78, 5) is 2.48. The molecule has 2 rings (SSSR count). The highest BCUT2D eigenvalue weighted by Crippen LogP contribution is 2.36. The first-order chi connectivity index (χ1) is 10.0. The van der Waals surface area contributed by atoms with E-state index in [1.54, 1.807) is 6.26 Å². The van der Waals surface area contributed by atoms with E-state index in [0.717, 1.165) is 18.8 Å². The van der Waals surface area contributed by atoms with Gasteiger partial charge >= 0.3 is 0 Å². The molecule has 1 aliphatic rings. The number of aryl methyl sites for hydroxylation is 1. The topological polar surface area (TPSA) is 28.4 Å². The van der Waals surface area contributed by atoms with Crippen LogP contribution >= 0.6 is 0 Å². The van der Waals surface area contributed by atoms with E-state index in [9.17, 15) is 0 Å². The van der Waals surface area contributed by atoms with Crippen LogP contribution in [0.4, 0.5) is 0 Å². The van der Waals surface area contributed by atoms with Crippen LogP contribution in [0.3, 0.4) is 0 Å². The van der Waals surface area contributed by atoms with Crippen molar-refractivity contribution >= 4 is 0 Å². The lowest BCUT2D eigenvalue weighted by molar-refractivity contribution is 0.111. The van der Waals surface area contributed by atoms with Crippen molar-refractivity contribution in [2.24, 2.45) is 5.41 Å². The molecule has 0 aromatic carbocycles. The Hall–Kier alpha value is -0.800. The molecule has 1 N–H and O–H groups in total. The van der Waals surface area contributed by atoms with Gasteiger partial charge < -0.3 is 14.6 Å². The number of nitrogens with zero attached hydrogens (tertiary/aromatic N) is 1. The van der Waals surface area contributed by atoms with Crippen LogP contribution in [0.1, 0.15) is 57.3 Å². The highest BCUT2D eigenvalue weighted by molar-refractivity contribution is 5.15. The second-order valence-corrected chi connectivity index (χ2v) is 7.27. The molecule has 1 fully saturated rings. The molecule has 0 aliphatic heterocycles. The lowest BCUT2D eigenvalue weighted by Crippen LogP contribution is -2.45. The number of furan rings is 1. The van der Waals surface area contributed by atoms with Crippen molar-refractivity contribution in [3.05, 3.63) is 23.7 Å². The van der Waals surface area contributed by atoms with Gasteiger partial charge in [0.2, 0.25) is 0 Å². The Morgan fingerprint density at radius 3 is 2.57 bits per heavy atom. The summed E-state index contributed by atoms with van der Waals surface area (Å²) in [5, 5.41) is 3.69. The maximum atomic E-state index is 5.42. The van der Waals surface area contributed by atoms with Gasteiger partial charge in [0, 0.05) is 31.2 Å². The molecule has 0 unspecified atom stereocenters. The molecule has 3 nitrogen and oxygen atoms in total. The predicted molar refractivity (Wildman–Crippen MR) is 88.4 cm³/mol. The minimum Gasteiger partial charge on any atom is -0.469 e. The molecule has 0 radical (unpaired) electrons. The minimum atomic E-state index is 0.453. The van der Waals surface area contributed by atoms with Crippen LogP contribution in [0, 0.1) is 12.3 Å². The normalized spacial score (nSPS) is 18.6. The standard InChI is InChI=1S/C18H32N2O/c1-15(2)19-13-18(9-6-5-7-10-18)14-20(4)12-17-8-11-21-16(17)3/h8,11,15,19H,5-7,9-10,12-14H2,1-4H3. The first-order valence-corrected chi connectivity index (χ1v) is 8.46. The van der Waals surface area contributed by atoms with Crippen LogP contribution in [0.15, 0.2) is 16.7 Å². The summed E-state index contributed by atoms with van der Waals surface area (Å²) in [6.45, 7) is 9.87. The van der Waals surface area contributed by atoms with E-state index in [1.807, 2.05) is 0 Å². The van der Waals surface area contributed by atoms with Gasteiger partial charge in [-0.15, -0.1) is 0 Å². The summed E-state index contributed by atoms with van der Waals surface area (Å²) < 4.78 is 5.42. The van der Waals surface area contributed by atoms with Gasteiger partial charge in [-0.05, 0) is 38.3 Å². The van der Waals surface area contributed by atoms with E-state index in [2.05, 4.69) is 44.1 Å². The second-order valence-electron chi connectivity index (χ2n) is 7.27. The fourth-order valence-corrected chi connectivity index (χ4v) is 3.61. The summed E-state index contributed by atoms with van der Waals surface area (Å²) in [5.41, 5.74) is 1.77. The van der Waals surface area contributed by atoms with E-state index in [1.165, 1.54) is 44.2 Å². The lowest BCUT2D eigenvalue weighted by atomic mass is 9.73. The maximum Gasteiger partial charge on any atom is 0.105 e. The zero-order valence-electron chi connectivity index (χ0n) is 14.2. The van der Waals surface area contributed by atoms with Gasteiger partial charge in [0.25, 0.3) is 0 Å². The molecular formula is C18H32N2O. The molecule has 1 heterocycles. The van der Waals surface area contributed by atoms with Crippen molar-refractivity contribution in [3.8, 4) is 0 Å². The molecule has 0 spiro atoms. The number of rotatable bonds is 7. The summed E-state index contributed by atoms with van der Waals surface area (Å²) in [7, 11) is 2.25. The highest BCUT2D eigenvalue weighted by Gasteiger charge is 2.33. The summed E-state index contributed by atoms with van der Waals surface area (Å²) in [6.07, 6.45) is 8.71. The van der Waals surface area contributed by atoms with E-state index >= 15 is 0 Å². The fourth-order valence-electron chi connectivity index (χ4n) is 3.61. The number of hydrogen-bond donors (Lipinski definition) is 1. The highest BCUT2D eigenvalue weighted by atomic mass is 16.3. The van der Waals surface area contributed by atoms with Gasteiger partial charge in [-0.1, -0.05) is 33.1 Å². The summed E-state index contributed by atoms with van der Waals surface area (Å²) >= 11 is 0. The predicted octanol–water partition coefficient (Wildman–Crippen LogP) is 3.97. The molecule has 1 aromatic heterocycles. The molecule has 3 heteroatoms. The molecular weight excluding hydrogens is 260 g/mol. The molecule has 0 bridgehead atoms. The van der Waals surface area contributed by atoms with Crippen LogP contribution in [-0.4, -0.2) is 31.1 Å². The van der Waals surface area contributed by atoms with E-state index in [4.69, 9.17) is 4.42 Å². The van der Waals surface area contributed by atoms with Crippen LogP contribution < -0.4 is 5.32 Å². The molecule has 0 amide bonds. The Morgan fingerprint density at radius 2 is 2.00 bits per heavy atom. The van der Waals surface area contributed by atoms with Gasteiger partial charge in [-0.25, -0.2) is 0 Å². The smallest absolute Gasteiger partial charge is 0.105 e. The Kier molecular flexibility index (Phi) is 5.88. The van der Waals surface area contributed by atoms with Gasteiger partial charge in [0.05, 0.1) is 6.26 Å². The zero-order valence-corrected chi connectivity index (χ0v) is 14.2. The van der Waals surface area contributed by atoms with Gasteiger partial charge in [-0.3, -0.25) is 0 Å². The Morgan fingerprint density at radius 1 is 1.29 bits per heavy atom. The van der Waals surface area contributed by atoms with Gasteiger partial charge in [0.15, 0.2) is 0 Å². The monoisotopic (exact) mass is 292 g/mol. The molecule has 1 saturated carbocycles. The Balaban J connectivity index is 1.95. The summed E-state index contributed by atoms with van der Waals surface area (Å²) in [6, 6.07) is 2.68. The first-order valence-electron chi connectivity index (χ1n) is 8.46. The van der Waals surface area contributed by atoms with Crippen molar-refractivity contribution in [3.63, 3.8) is 0 Å². The van der Waals surface area contributed by atoms with Crippen molar-refractivity contribution in [1.82, 2.24) is 10.2 Å². The third-order valence-electron chi connectivity index (χ3n) is 4.81. The molecule has 0 atom stereocenters. The second kappa shape index (κ2) is 7.46. The lowest BCUT2D eigenvalue weighted by Gasteiger charge is -2.41. The average Bonchev–Trinajstić information content (AvgIpc) is 2.83.